The number of aryl methyl sites for hydroxylation is 1. The van der Waals surface area contributed by atoms with Crippen LogP contribution in [0.1, 0.15) is 19.4 Å². The van der Waals surface area contributed by atoms with Gasteiger partial charge in [0, 0.05) is 18.4 Å². The number of benzene rings is 1. The molecule has 0 radical (unpaired) electrons. The molecule has 96 valence electrons. The van der Waals surface area contributed by atoms with Crippen molar-refractivity contribution in [3.63, 3.8) is 0 Å². The summed E-state index contributed by atoms with van der Waals surface area (Å²) < 4.78 is 15.8. The summed E-state index contributed by atoms with van der Waals surface area (Å²) in [7, 11) is 0. The Hall–Kier alpha value is -1.36. The average molecular weight is 312 g/mol. The molecule has 0 saturated heterocycles. The molecule has 0 atom stereocenters. The van der Waals surface area contributed by atoms with Crippen molar-refractivity contribution in [1.29, 1.82) is 0 Å². The molecule has 1 aromatic carbocycles. The van der Waals surface area contributed by atoms with Crippen molar-refractivity contribution >= 4 is 21.9 Å². The highest BCUT2D eigenvalue weighted by atomic mass is 79.9. The maximum atomic E-state index is 13.4. The molecule has 18 heavy (non-hydrogen) atoms. The van der Waals surface area contributed by atoms with E-state index in [0.29, 0.717) is 4.47 Å². The first-order valence-corrected chi connectivity index (χ1v) is 6.54. The molecule has 3 nitrogen and oxygen atoms in total. The molecule has 0 spiro atoms. The molecular formula is C13H15BrFN3. The minimum atomic E-state index is -0.255. The molecule has 5 heteroatoms. The summed E-state index contributed by atoms with van der Waals surface area (Å²) in [5, 5.41) is 3.26. The van der Waals surface area contributed by atoms with Crippen LogP contribution >= 0.6 is 15.9 Å². The lowest BCUT2D eigenvalue weighted by atomic mass is 10.2. The molecule has 1 heterocycles. The standard InChI is InChI=1S/C13H15BrFN3/c1-8(2)17-13-16-4-5-18(13)12-7-10(14)11(15)6-9(12)3/h4-8H,1-3H3,(H,16,17). The lowest BCUT2D eigenvalue weighted by molar-refractivity contribution is 0.619. The van der Waals surface area contributed by atoms with Crippen molar-refractivity contribution in [1.82, 2.24) is 9.55 Å². The fraction of sp³-hybridized carbons (Fsp3) is 0.308. The van der Waals surface area contributed by atoms with Gasteiger partial charge in [-0.3, -0.25) is 4.57 Å². The van der Waals surface area contributed by atoms with E-state index in [2.05, 4.69) is 26.2 Å². The first-order chi connectivity index (χ1) is 8.49. The average Bonchev–Trinajstić information content (AvgIpc) is 2.70. The Bertz CT molecular complexity index is 563. The smallest absolute Gasteiger partial charge is 0.207 e. The van der Waals surface area contributed by atoms with Crippen LogP contribution in [0.15, 0.2) is 29.0 Å². The Morgan fingerprint density at radius 1 is 1.39 bits per heavy atom. The zero-order chi connectivity index (χ0) is 13.3. The number of anilines is 1. The van der Waals surface area contributed by atoms with Crippen LogP contribution in [0.2, 0.25) is 0 Å². The van der Waals surface area contributed by atoms with Crippen molar-refractivity contribution in [3.05, 3.63) is 40.4 Å². The van der Waals surface area contributed by atoms with Crippen molar-refractivity contribution < 1.29 is 4.39 Å². The van der Waals surface area contributed by atoms with Gasteiger partial charge in [0.25, 0.3) is 0 Å². The van der Waals surface area contributed by atoms with Crippen molar-refractivity contribution in [3.8, 4) is 5.69 Å². The van der Waals surface area contributed by atoms with E-state index in [1.165, 1.54) is 6.07 Å². The largest absolute Gasteiger partial charge is 0.353 e. The fourth-order valence-electron chi connectivity index (χ4n) is 1.76. The van der Waals surface area contributed by atoms with Crippen LogP contribution in [0, 0.1) is 12.7 Å². The van der Waals surface area contributed by atoms with Gasteiger partial charge < -0.3 is 5.32 Å². The van der Waals surface area contributed by atoms with E-state index in [-0.39, 0.29) is 11.9 Å². The molecule has 1 aromatic heterocycles. The van der Waals surface area contributed by atoms with E-state index in [1.54, 1.807) is 12.3 Å². The molecule has 2 aromatic rings. The maximum absolute atomic E-state index is 13.4. The molecule has 0 aliphatic carbocycles. The van der Waals surface area contributed by atoms with Gasteiger partial charge in [0.15, 0.2) is 0 Å². The highest BCUT2D eigenvalue weighted by Crippen LogP contribution is 2.25. The molecular weight excluding hydrogens is 297 g/mol. The highest BCUT2D eigenvalue weighted by molar-refractivity contribution is 9.10. The van der Waals surface area contributed by atoms with Crippen LogP contribution in [0.25, 0.3) is 5.69 Å². The number of nitrogens with one attached hydrogen (secondary N) is 1. The van der Waals surface area contributed by atoms with E-state index in [9.17, 15) is 4.39 Å². The van der Waals surface area contributed by atoms with Crippen molar-refractivity contribution in [2.24, 2.45) is 0 Å². The highest BCUT2D eigenvalue weighted by Gasteiger charge is 2.11. The van der Waals surface area contributed by atoms with Gasteiger partial charge in [0.05, 0.1) is 10.2 Å². The summed E-state index contributed by atoms with van der Waals surface area (Å²) in [4.78, 5) is 4.27. The predicted octanol–water partition coefficient (Wildman–Crippen LogP) is 3.90. The van der Waals surface area contributed by atoms with Crippen molar-refractivity contribution in [2.45, 2.75) is 26.8 Å². The van der Waals surface area contributed by atoms with E-state index in [4.69, 9.17) is 0 Å². The molecule has 0 bridgehead atoms. The van der Waals surface area contributed by atoms with E-state index in [0.717, 1.165) is 17.2 Å². The summed E-state index contributed by atoms with van der Waals surface area (Å²) in [5.74, 6) is 0.501. The Kier molecular flexibility index (Phi) is 3.71. The molecule has 0 fully saturated rings. The van der Waals surface area contributed by atoms with Crippen LogP contribution in [0.4, 0.5) is 10.3 Å². The first kappa shape index (κ1) is 13.1. The topological polar surface area (TPSA) is 29.9 Å². The summed E-state index contributed by atoms with van der Waals surface area (Å²) in [6, 6.07) is 3.56. The van der Waals surface area contributed by atoms with Gasteiger partial charge in [0.1, 0.15) is 5.82 Å². The molecule has 1 N–H and O–H groups in total. The monoisotopic (exact) mass is 311 g/mol. The molecule has 2 rings (SSSR count). The quantitative estimate of drug-likeness (QED) is 0.931. The normalized spacial score (nSPS) is 11.0. The summed E-state index contributed by atoms with van der Waals surface area (Å²) in [5.41, 5.74) is 1.77. The van der Waals surface area contributed by atoms with Gasteiger partial charge in [-0.25, -0.2) is 9.37 Å². The number of hydrogen-bond donors (Lipinski definition) is 1. The third-order valence-corrected chi connectivity index (χ3v) is 3.16. The van der Waals surface area contributed by atoms with Gasteiger partial charge in [0.2, 0.25) is 5.95 Å². The second-order valence-electron chi connectivity index (χ2n) is 4.47. The van der Waals surface area contributed by atoms with Gasteiger partial charge in [-0.15, -0.1) is 0 Å². The summed E-state index contributed by atoms with van der Waals surface area (Å²) in [6.45, 7) is 5.98. The minimum absolute atomic E-state index is 0.255. The second kappa shape index (κ2) is 5.10. The third kappa shape index (κ3) is 2.56. The molecule has 0 aliphatic heterocycles. The van der Waals surface area contributed by atoms with Gasteiger partial charge in [-0.2, -0.15) is 0 Å². The van der Waals surface area contributed by atoms with Gasteiger partial charge in [-0.05, 0) is 54.4 Å². The molecule has 0 amide bonds. The number of rotatable bonds is 3. The zero-order valence-electron chi connectivity index (χ0n) is 10.5. The Morgan fingerprint density at radius 2 is 2.11 bits per heavy atom. The zero-order valence-corrected chi connectivity index (χ0v) is 12.1. The maximum Gasteiger partial charge on any atom is 0.207 e. The SMILES string of the molecule is Cc1cc(F)c(Br)cc1-n1ccnc1NC(C)C. The number of nitrogens with zero attached hydrogens (tertiary/aromatic N) is 2. The molecule has 0 saturated carbocycles. The molecule has 0 aliphatic rings. The fourth-order valence-corrected chi connectivity index (χ4v) is 2.09. The number of halogens is 2. The van der Waals surface area contributed by atoms with E-state index in [1.807, 2.05) is 31.5 Å². The number of hydrogen-bond acceptors (Lipinski definition) is 2. The Balaban J connectivity index is 2.49. The Morgan fingerprint density at radius 3 is 2.78 bits per heavy atom. The van der Waals surface area contributed by atoms with Crippen molar-refractivity contribution in [2.75, 3.05) is 5.32 Å². The van der Waals surface area contributed by atoms with E-state index >= 15 is 0 Å². The lowest BCUT2D eigenvalue weighted by Gasteiger charge is -2.14. The van der Waals surface area contributed by atoms with Gasteiger partial charge >= 0.3 is 0 Å². The van der Waals surface area contributed by atoms with Crippen LogP contribution in [0.3, 0.4) is 0 Å². The Labute approximate surface area is 114 Å². The first-order valence-electron chi connectivity index (χ1n) is 5.75. The van der Waals surface area contributed by atoms with E-state index < -0.39 is 0 Å². The number of imidazole rings is 1. The van der Waals surface area contributed by atoms with Crippen LogP contribution in [0.5, 0.6) is 0 Å². The van der Waals surface area contributed by atoms with Crippen LogP contribution in [-0.2, 0) is 0 Å². The third-order valence-electron chi connectivity index (χ3n) is 2.56. The lowest BCUT2D eigenvalue weighted by Crippen LogP contribution is -2.14. The second-order valence-corrected chi connectivity index (χ2v) is 5.33. The number of aromatic nitrogens is 2. The van der Waals surface area contributed by atoms with Crippen LogP contribution < -0.4 is 5.32 Å². The summed E-state index contributed by atoms with van der Waals surface area (Å²) in [6.07, 6.45) is 3.58. The van der Waals surface area contributed by atoms with Crippen LogP contribution in [-0.4, -0.2) is 15.6 Å². The van der Waals surface area contributed by atoms with Gasteiger partial charge in [-0.1, -0.05) is 0 Å². The predicted molar refractivity (Wildman–Crippen MR) is 74.7 cm³/mol. The molecule has 0 unspecified atom stereocenters. The summed E-state index contributed by atoms with van der Waals surface area (Å²) >= 11 is 3.21. The minimum Gasteiger partial charge on any atom is -0.353 e.